The van der Waals surface area contributed by atoms with Gasteiger partial charge in [-0.3, -0.25) is 15.0 Å². The van der Waals surface area contributed by atoms with E-state index in [0.29, 0.717) is 23.6 Å². The molecule has 3 aromatic rings. The van der Waals surface area contributed by atoms with Gasteiger partial charge in [0, 0.05) is 24.2 Å². The summed E-state index contributed by atoms with van der Waals surface area (Å²) in [6.45, 7) is 3.66. The zero-order chi connectivity index (χ0) is 23.9. The van der Waals surface area contributed by atoms with E-state index in [0.717, 1.165) is 30.8 Å². The summed E-state index contributed by atoms with van der Waals surface area (Å²) in [6, 6.07) is 19.8. The van der Waals surface area contributed by atoms with Crippen molar-refractivity contribution in [2.45, 2.75) is 25.8 Å². The molecule has 0 aliphatic carbocycles. The average molecular weight is 480 g/mol. The summed E-state index contributed by atoms with van der Waals surface area (Å²) >= 11 is 5.91. The molecule has 3 aromatic carbocycles. The predicted molar refractivity (Wildman–Crippen MR) is 132 cm³/mol. The molecule has 0 saturated carbocycles. The summed E-state index contributed by atoms with van der Waals surface area (Å²) in [5.74, 6) is -0.105. The zero-order valence-corrected chi connectivity index (χ0v) is 19.5. The van der Waals surface area contributed by atoms with E-state index in [-0.39, 0.29) is 11.4 Å². The fourth-order valence-electron chi connectivity index (χ4n) is 4.02. The fraction of sp³-hybridized carbons (Fsp3) is 0.269. The van der Waals surface area contributed by atoms with Gasteiger partial charge in [0.1, 0.15) is 0 Å². The van der Waals surface area contributed by atoms with Gasteiger partial charge in [0.15, 0.2) is 0 Å². The van der Waals surface area contributed by atoms with Crippen LogP contribution in [0.15, 0.2) is 66.7 Å². The van der Waals surface area contributed by atoms with Crippen LogP contribution >= 0.6 is 11.6 Å². The van der Waals surface area contributed by atoms with E-state index < -0.39 is 11.0 Å². The molecule has 0 radical (unpaired) electrons. The Labute approximate surface area is 203 Å². The highest BCUT2D eigenvalue weighted by Crippen LogP contribution is 2.33. The van der Waals surface area contributed by atoms with Gasteiger partial charge in [-0.15, -0.1) is 0 Å². The molecule has 34 heavy (non-hydrogen) atoms. The standard InChI is InChI=1S/C26H26ClN3O4/c27-23-10-7-21(8-11-23)22-9-12-25(24(17-22)30(32)33)34-26(31)28-14-13-19-3-5-20(6-4-19)18-29-15-1-2-16-29/h3-12,17H,1-2,13-16,18H2,(H,28,31). The number of likely N-dealkylation sites (tertiary alicyclic amines) is 1. The van der Waals surface area contributed by atoms with E-state index in [9.17, 15) is 14.9 Å². The van der Waals surface area contributed by atoms with Crippen LogP contribution in [0.2, 0.25) is 5.02 Å². The maximum absolute atomic E-state index is 12.2. The Balaban J connectivity index is 1.30. The van der Waals surface area contributed by atoms with Gasteiger partial charge in [-0.2, -0.15) is 0 Å². The minimum absolute atomic E-state index is 0.105. The highest BCUT2D eigenvalue weighted by atomic mass is 35.5. The Hall–Kier alpha value is -3.42. The molecule has 4 rings (SSSR count). The number of ether oxygens (including phenoxy) is 1. The molecule has 176 valence electrons. The zero-order valence-electron chi connectivity index (χ0n) is 18.7. The fourth-order valence-corrected chi connectivity index (χ4v) is 4.15. The van der Waals surface area contributed by atoms with Crippen molar-refractivity contribution in [1.29, 1.82) is 0 Å². The summed E-state index contributed by atoms with van der Waals surface area (Å²) in [6.07, 6.45) is 2.45. The van der Waals surface area contributed by atoms with Crippen molar-refractivity contribution < 1.29 is 14.5 Å². The van der Waals surface area contributed by atoms with E-state index in [1.165, 1.54) is 30.5 Å². The molecular weight excluding hydrogens is 454 g/mol. The van der Waals surface area contributed by atoms with Crippen LogP contribution in [-0.4, -0.2) is 35.6 Å². The Kier molecular flexibility index (Phi) is 7.77. The number of hydrogen-bond donors (Lipinski definition) is 1. The first-order chi connectivity index (χ1) is 16.5. The van der Waals surface area contributed by atoms with E-state index in [4.69, 9.17) is 16.3 Å². The molecule has 1 heterocycles. The Bertz CT molecular complexity index is 1140. The molecule has 1 amide bonds. The topological polar surface area (TPSA) is 84.7 Å². The molecule has 0 aromatic heterocycles. The first-order valence-corrected chi connectivity index (χ1v) is 11.7. The second kappa shape index (κ2) is 11.1. The molecular formula is C26H26ClN3O4. The molecule has 1 aliphatic rings. The van der Waals surface area contributed by atoms with Crippen LogP contribution in [0.5, 0.6) is 5.75 Å². The van der Waals surface area contributed by atoms with Crippen molar-refractivity contribution in [2.24, 2.45) is 0 Å². The first-order valence-electron chi connectivity index (χ1n) is 11.3. The van der Waals surface area contributed by atoms with E-state index in [2.05, 4.69) is 34.5 Å². The molecule has 0 spiro atoms. The predicted octanol–water partition coefficient (Wildman–Crippen LogP) is 5.84. The third-order valence-electron chi connectivity index (χ3n) is 5.85. The van der Waals surface area contributed by atoms with Gasteiger partial charge in [0.2, 0.25) is 5.75 Å². The number of amides is 1. The third kappa shape index (κ3) is 6.34. The lowest BCUT2D eigenvalue weighted by Crippen LogP contribution is -2.29. The SMILES string of the molecule is O=C(NCCc1ccc(CN2CCCC2)cc1)Oc1ccc(-c2ccc(Cl)cc2)cc1[N+](=O)[O-]. The number of carbonyl (C=O) groups is 1. The van der Waals surface area contributed by atoms with Gasteiger partial charge >= 0.3 is 11.8 Å². The minimum Gasteiger partial charge on any atom is -0.403 e. The second-order valence-electron chi connectivity index (χ2n) is 8.31. The number of nitrogens with one attached hydrogen (secondary N) is 1. The van der Waals surface area contributed by atoms with Gasteiger partial charge in [0.25, 0.3) is 0 Å². The Morgan fingerprint density at radius 3 is 2.29 bits per heavy atom. The summed E-state index contributed by atoms with van der Waals surface area (Å²) < 4.78 is 5.23. The average Bonchev–Trinajstić information content (AvgIpc) is 3.34. The summed E-state index contributed by atoms with van der Waals surface area (Å²) in [5, 5.41) is 14.8. The lowest BCUT2D eigenvalue weighted by Gasteiger charge is -2.14. The molecule has 8 heteroatoms. The molecule has 1 N–H and O–H groups in total. The number of carbonyl (C=O) groups excluding carboxylic acids is 1. The number of nitro groups is 1. The number of rotatable bonds is 8. The van der Waals surface area contributed by atoms with Gasteiger partial charge in [0.05, 0.1) is 4.92 Å². The minimum atomic E-state index is -0.729. The van der Waals surface area contributed by atoms with Crippen molar-refractivity contribution >= 4 is 23.4 Å². The van der Waals surface area contributed by atoms with Crippen LogP contribution in [0, 0.1) is 10.1 Å². The number of nitrogens with zero attached hydrogens (tertiary/aromatic N) is 2. The largest absolute Gasteiger partial charge is 0.412 e. The van der Waals surface area contributed by atoms with Gasteiger partial charge < -0.3 is 10.1 Å². The second-order valence-corrected chi connectivity index (χ2v) is 8.75. The van der Waals surface area contributed by atoms with E-state index in [1.54, 1.807) is 30.3 Å². The van der Waals surface area contributed by atoms with Crippen molar-refractivity contribution in [3.05, 3.63) is 93.0 Å². The highest BCUT2D eigenvalue weighted by molar-refractivity contribution is 6.30. The monoisotopic (exact) mass is 479 g/mol. The molecule has 1 fully saturated rings. The van der Waals surface area contributed by atoms with Crippen LogP contribution in [0.1, 0.15) is 24.0 Å². The van der Waals surface area contributed by atoms with E-state index in [1.807, 2.05) is 0 Å². The molecule has 0 unspecified atom stereocenters. The van der Waals surface area contributed by atoms with Gasteiger partial charge in [-0.1, -0.05) is 54.1 Å². The molecule has 1 aliphatic heterocycles. The van der Waals surface area contributed by atoms with Crippen molar-refractivity contribution in [1.82, 2.24) is 10.2 Å². The van der Waals surface area contributed by atoms with Crippen LogP contribution in [0.25, 0.3) is 11.1 Å². The third-order valence-corrected chi connectivity index (χ3v) is 6.10. The van der Waals surface area contributed by atoms with Gasteiger partial charge in [-0.05, 0) is 72.8 Å². The molecule has 7 nitrogen and oxygen atoms in total. The Morgan fingerprint density at radius 2 is 1.62 bits per heavy atom. The number of halogens is 1. The molecule has 0 atom stereocenters. The Morgan fingerprint density at radius 1 is 0.971 bits per heavy atom. The number of benzene rings is 3. The molecule has 0 bridgehead atoms. The first kappa shape index (κ1) is 23.7. The van der Waals surface area contributed by atoms with Crippen molar-refractivity contribution in [3.8, 4) is 16.9 Å². The smallest absolute Gasteiger partial charge is 0.403 e. The van der Waals surface area contributed by atoms with Gasteiger partial charge in [-0.25, -0.2) is 4.79 Å². The lowest BCUT2D eigenvalue weighted by atomic mass is 10.0. The van der Waals surface area contributed by atoms with Crippen LogP contribution in [-0.2, 0) is 13.0 Å². The number of nitro benzene ring substituents is 1. The summed E-state index contributed by atoms with van der Waals surface area (Å²) in [7, 11) is 0. The highest BCUT2D eigenvalue weighted by Gasteiger charge is 2.19. The lowest BCUT2D eigenvalue weighted by molar-refractivity contribution is -0.385. The van der Waals surface area contributed by atoms with Crippen LogP contribution in [0.3, 0.4) is 0 Å². The van der Waals surface area contributed by atoms with Crippen molar-refractivity contribution in [2.75, 3.05) is 19.6 Å². The number of hydrogen-bond acceptors (Lipinski definition) is 5. The van der Waals surface area contributed by atoms with Crippen LogP contribution < -0.4 is 10.1 Å². The summed E-state index contributed by atoms with van der Waals surface area (Å²) in [5.41, 5.74) is 3.51. The quantitative estimate of drug-likeness (QED) is 0.324. The maximum atomic E-state index is 12.2. The van der Waals surface area contributed by atoms with Crippen LogP contribution in [0.4, 0.5) is 10.5 Å². The molecule has 1 saturated heterocycles. The van der Waals surface area contributed by atoms with Crippen molar-refractivity contribution in [3.63, 3.8) is 0 Å². The maximum Gasteiger partial charge on any atom is 0.412 e. The van der Waals surface area contributed by atoms with E-state index >= 15 is 0 Å². The normalized spacial score (nSPS) is 13.6. The summed E-state index contributed by atoms with van der Waals surface area (Å²) in [4.78, 5) is 25.7.